The van der Waals surface area contributed by atoms with Crippen LogP contribution in [0.3, 0.4) is 0 Å². The Labute approximate surface area is 193 Å². The fraction of sp³-hybridized carbons (Fsp3) is 0.429. The van der Waals surface area contributed by atoms with Crippen LogP contribution in [0.4, 0.5) is 5.13 Å². The van der Waals surface area contributed by atoms with Crippen LogP contribution in [-0.4, -0.2) is 31.4 Å². The summed E-state index contributed by atoms with van der Waals surface area (Å²) in [5, 5.41) is 14.9. The first-order chi connectivity index (χ1) is 14.6. The molecule has 158 valence electrons. The maximum Gasteiger partial charge on any atom is 0.236 e. The van der Waals surface area contributed by atoms with E-state index in [1.165, 1.54) is 55.2 Å². The van der Waals surface area contributed by atoms with Gasteiger partial charge in [-0.25, -0.2) is 4.98 Å². The van der Waals surface area contributed by atoms with Crippen molar-refractivity contribution < 1.29 is 4.79 Å². The molecule has 1 N–H and O–H groups in total. The van der Waals surface area contributed by atoms with Crippen LogP contribution < -0.4 is 5.32 Å². The molecule has 9 heteroatoms. The van der Waals surface area contributed by atoms with Gasteiger partial charge in [-0.2, -0.15) is 0 Å². The molecule has 2 aromatic heterocycles. The summed E-state index contributed by atoms with van der Waals surface area (Å²) < 4.78 is 3.06. The van der Waals surface area contributed by atoms with E-state index in [0.29, 0.717) is 11.0 Å². The second kappa shape index (κ2) is 10.1. The van der Waals surface area contributed by atoms with Crippen molar-refractivity contribution in [3.63, 3.8) is 0 Å². The van der Waals surface area contributed by atoms with Crippen molar-refractivity contribution in [1.29, 1.82) is 0 Å². The quantitative estimate of drug-likeness (QED) is 0.425. The lowest BCUT2D eigenvalue weighted by molar-refractivity contribution is -0.113. The largest absolute Gasteiger partial charge is 0.309 e. The third-order valence-corrected chi connectivity index (χ3v) is 7.65. The monoisotopic (exact) mass is 505 g/mol. The number of thioether (sulfide) groups is 1. The summed E-state index contributed by atoms with van der Waals surface area (Å²) in [5.41, 5.74) is 1.88. The first-order valence-electron chi connectivity index (χ1n) is 10.1. The zero-order chi connectivity index (χ0) is 20.9. The number of nitrogens with zero attached hydrogens (tertiary/aromatic N) is 4. The Bertz CT molecular complexity index is 995. The first kappa shape index (κ1) is 21.5. The predicted octanol–water partition coefficient (Wildman–Crippen LogP) is 5.55. The van der Waals surface area contributed by atoms with Gasteiger partial charge in [0.15, 0.2) is 10.3 Å². The molecule has 0 radical (unpaired) electrons. The molecule has 1 fully saturated rings. The Balaban J connectivity index is 1.29. The standard InChI is InChI=1S/C21H24BrN5OS2/c1-27-18(11-14-5-3-2-4-6-14)25-26-21(27)30-13-19(28)24-20-23-17(12-29-20)15-7-9-16(22)10-8-15/h7-10,12,14H,2-6,11,13H2,1H3,(H,23,24,28). The lowest BCUT2D eigenvalue weighted by Gasteiger charge is -2.20. The number of nitrogens with one attached hydrogen (secondary N) is 1. The van der Waals surface area contributed by atoms with Crippen molar-refractivity contribution in [2.45, 2.75) is 43.7 Å². The van der Waals surface area contributed by atoms with Gasteiger partial charge in [-0.1, -0.05) is 71.9 Å². The third-order valence-electron chi connectivity index (χ3n) is 5.34. The van der Waals surface area contributed by atoms with Crippen LogP contribution in [-0.2, 0) is 18.3 Å². The van der Waals surface area contributed by atoms with Crippen LogP contribution >= 0.6 is 39.0 Å². The van der Waals surface area contributed by atoms with Crippen LogP contribution in [0.1, 0.15) is 37.9 Å². The van der Waals surface area contributed by atoms with Crippen molar-refractivity contribution in [3.05, 3.63) is 39.9 Å². The average Bonchev–Trinajstić information content (AvgIpc) is 3.35. The van der Waals surface area contributed by atoms with Crippen LogP contribution in [0.2, 0.25) is 0 Å². The van der Waals surface area contributed by atoms with Crippen LogP contribution in [0.15, 0.2) is 39.3 Å². The van der Waals surface area contributed by atoms with Gasteiger partial charge in [0.2, 0.25) is 5.91 Å². The van der Waals surface area contributed by atoms with E-state index in [9.17, 15) is 4.79 Å². The molecule has 2 heterocycles. The maximum absolute atomic E-state index is 12.4. The second-order valence-corrected chi connectivity index (χ2v) is 10.3. The number of aromatic nitrogens is 4. The Kier molecular flexibility index (Phi) is 7.22. The Morgan fingerprint density at radius 2 is 2.00 bits per heavy atom. The highest BCUT2D eigenvalue weighted by Gasteiger charge is 2.18. The number of hydrogen-bond donors (Lipinski definition) is 1. The van der Waals surface area contributed by atoms with Crippen LogP contribution in [0.5, 0.6) is 0 Å². The minimum Gasteiger partial charge on any atom is -0.309 e. The van der Waals surface area contributed by atoms with Crippen molar-refractivity contribution >= 4 is 50.1 Å². The summed E-state index contributed by atoms with van der Waals surface area (Å²) in [7, 11) is 1.99. The van der Waals surface area contributed by atoms with Gasteiger partial charge in [0, 0.05) is 28.9 Å². The van der Waals surface area contributed by atoms with Gasteiger partial charge in [-0.3, -0.25) is 4.79 Å². The topological polar surface area (TPSA) is 72.7 Å². The molecule has 3 aromatic rings. The van der Waals surface area contributed by atoms with Gasteiger partial charge in [-0.05, 0) is 18.1 Å². The third kappa shape index (κ3) is 5.50. The number of carbonyl (C=O) groups is 1. The Morgan fingerprint density at radius 3 is 2.77 bits per heavy atom. The van der Waals surface area contributed by atoms with E-state index in [1.54, 1.807) is 0 Å². The fourth-order valence-electron chi connectivity index (χ4n) is 3.67. The summed E-state index contributed by atoms with van der Waals surface area (Å²) in [6, 6.07) is 7.96. The van der Waals surface area contributed by atoms with Gasteiger partial charge in [0.05, 0.1) is 11.4 Å². The van der Waals surface area contributed by atoms with E-state index in [1.807, 2.05) is 41.3 Å². The number of carbonyl (C=O) groups excluding carboxylic acids is 1. The molecule has 1 aromatic carbocycles. The minimum atomic E-state index is -0.0893. The van der Waals surface area contributed by atoms with Crippen molar-refractivity contribution in [2.24, 2.45) is 13.0 Å². The van der Waals surface area contributed by atoms with Gasteiger partial charge in [0.25, 0.3) is 0 Å². The summed E-state index contributed by atoms with van der Waals surface area (Å²) >= 11 is 6.27. The molecular formula is C21H24BrN5OS2. The molecule has 6 nitrogen and oxygen atoms in total. The molecule has 1 aliphatic carbocycles. The number of thiazole rings is 1. The zero-order valence-corrected chi connectivity index (χ0v) is 20.0. The predicted molar refractivity (Wildman–Crippen MR) is 126 cm³/mol. The molecule has 0 atom stereocenters. The lowest BCUT2D eigenvalue weighted by Crippen LogP contribution is -2.15. The van der Waals surface area contributed by atoms with E-state index in [-0.39, 0.29) is 11.7 Å². The molecule has 0 bridgehead atoms. The Morgan fingerprint density at radius 1 is 1.23 bits per heavy atom. The van der Waals surface area contributed by atoms with Crippen molar-refractivity contribution in [3.8, 4) is 11.3 Å². The van der Waals surface area contributed by atoms with Crippen molar-refractivity contribution in [1.82, 2.24) is 19.7 Å². The number of hydrogen-bond acceptors (Lipinski definition) is 6. The summed E-state index contributed by atoms with van der Waals surface area (Å²) in [5.74, 6) is 1.92. The average molecular weight is 506 g/mol. The molecule has 0 spiro atoms. The van der Waals surface area contributed by atoms with Gasteiger partial charge < -0.3 is 9.88 Å². The molecule has 1 saturated carbocycles. The SMILES string of the molecule is Cn1c(CC2CCCCC2)nnc1SCC(=O)Nc1nc(-c2ccc(Br)cc2)cs1. The Hall–Kier alpha value is -1.71. The van der Waals surface area contributed by atoms with E-state index in [4.69, 9.17) is 0 Å². The molecule has 1 amide bonds. The number of benzene rings is 1. The van der Waals surface area contributed by atoms with Gasteiger partial charge in [0.1, 0.15) is 5.82 Å². The molecular weight excluding hydrogens is 482 g/mol. The summed E-state index contributed by atoms with van der Waals surface area (Å²) in [6.07, 6.45) is 7.56. The molecule has 0 unspecified atom stereocenters. The van der Waals surface area contributed by atoms with E-state index < -0.39 is 0 Å². The highest BCUT2D eigenvalue weighted by Crippen LogP contribution is 2.28. The first-order valence-corrected chi connectivity index (χ1v) is 12.8. The number of amides is 1. The van der Waals surface area contributed by atoms with E-state index in [2.05, 4.69) is 36.4 Å². The number of anilines is 1. The zero-order valence-electron chi connectivity index (χ0n) is 16.8. The molecule has 0 aliphatic heterocycles. The smallest absolute Gasteiger partial charge is 0.236 e. The fourth-order valence-corrected chi connectivity index (χ4v) is 5.40. The van der Waals surface area contributed by atoms with Crippen LogP contribution in [0, 0.1) is 5.92 Å². The maximum atomic E-state index is 12.4. The van der Waals surface area contributed by atoms with E-state index in [0.717, 1.165) is 33.1 Å². The van der Waals surface area contributed by atoms with Gasteiger partial charge in [-0.15, -0.1) is 21.5 Å². The van der Waals surface area contributed by atoms with E-state index >= 15 is 0 Å². The molecule has 30 heavy (non-hydrogen) atoms. The molecule has 4 rings (SSSR count). The normalized spacial score (nSPS) is 14.7. The van der Waals surface area contributed by atoms with Gasteiger partial charge >= 0.3 is 0 Å². The summed E-state index contributed by atoms with van der Waals surface area (Å²) in [6.45, 7) is 0. The lowest BCUT2D eigenvalue weighted by atomic mass is 9.87. The van der Waals surface area contributed by atoms with Crippen LogP contribution in [0.25, 0.3) is 11.3 Å². The number of rotatable bonds is 7. The second-order valence-electron chi connectivity index (χ2n) is 7.55. The number of halogens is 1. The highest BCUT2D eigenvalue weighted by atomic mass is 79.9. The molecule has 1 aliphatic rings. The molecule has 0 saturated heterocycles. The summed E-state index contributed by atoms with van der Waals surface area (Å²) in [4.78, 5) is 16.9. The minimum absolute atomic E-state index is 0.0893. The van der Waals surface area contributed by atoms with Crippen molar-refractivity contribution in [2.75, 3.05) is 11.1 Å². The highest BCUT2D eigenvalue weighted by molar-refractivity contribution is 9.10.